The first kappa shape index (κ1) is 15.7. The number of carboxylic acids is 1. The van der Waals surface area contributed by atoms with Crippen molar-refractivity contribution >= 4 is 11.9 Å². The zero-order valence-corrected chi connectivity index (χ0v) is 12.0. The maximum atomic E-state index is 13.7. The lowest BCUT2D eigenvalue weighted by Crippen LogP contribution is -2.33. The van der Waals surface area contributed by atoms with Crippen LogP contribution in [0.5, 0.6) is 0 Å². The number of aliphatic carboxylic acids is 1. The molecule has 0 saturated carbocycles. The minimum absolute atomic E-state index is 0.0227. The maximum Gasteiger partial charge on any atom is 0.303 e. The molecular weight excluding hydrogens is 289 g/mol. The molecule has 2 rings (SSSR count). The Labute approximate surface area is 126 Å². The van der Waals surface area contributed by atoms with Crippen LogP contribution < -0.4 is 5.32 Å². The summed E-state index contributed by atoms with van der Waals surface area (Å²) in [6.07, 6.45) is 1.80. The molecule has 116 valence electrons. The molecule has 0 bridgehead atoms. The van der Waals surface area contributed by atoms with E-state index in [0.29, 0.717) is 6.42 Å². The molecule has 0 radical (unpaired) electrons. The van der Waals surface area contributed by atoms with E-state index in [2.05, 4.69) is 10.4 Å². The van der Waals surface area contributed by atoms with Gasteiger partial charge in [0.1, 0.15) is 11.5 Å². The molecule has 1 aromatic carbocycles. The minimum atomic E-state index is -0.912. The summed E-state index contributed by atoms with van der Waals surface area (Å²) in [6.45, 7) is 1.72. The Kier molecular flexibility index (Phi) is 4.88. The second-order valence-corrected chi connectivity index (χ2v) is 4.90. The quantitative estimate of drug-likeness (QED) is 0.855. The highest BCUT2D eigenvalue weighted by molar-refractivity contribution is 5.92. The molecule has 1 aromatic heterocycles. The number of benzene rings is 1. The van der Waals surface area contributed by atoms with E-state index >= 15 is 0 Å². The number of nitrogens with one attached hydrogen (secondary N) is 1. The first-order chi connectivity index (χ1) is 10.5. The molecule has 0 aliphatic heterocycles. The van der Waals surface area contributed by atoms with Crippen LogP contribution in [0, 0.1) is 5.82 Å². The topological polar surface area (TPSA) is 84.2 Å². The van der Waals surface area contributed by atoms with Crippen LogP contribution in [0.2, 0.25) is 0 Å². The van der Waals surface area contributed by atoms with Gasteiger partial charge in [0.05, 0.1) is 0 Å². The largest absolute Gasteiger partial charge is 0.481 e. The number of carbonyl (C=O) groups excluding carboxylic acids is 1. The molecule has 2 N–H and O–H groups in total. The Morgan fingerprint density at radius 1 is 1.36 bits per heavy atom. The number of aromatic nitrogens is 2. The molecule has 1 heterocycles. The van der Waals surface area contributed by atoms with Crippen molar-refractivity contribution in [3.05, 3.63) is 48.0 Å². The number of carbonyl (C=O) groups is 2. The number of hydrogen-bond donors (Lipinski definition) is 2. The standard InChI is InChI=1S/C15H16FN3O3/c1-10(6-7-14(20)21)17-15(22)12-8-9-19(18-12)13-5-3-2-4-11(13)16/h2-5,8-10H,6-7H2,1H3,(H,17,22)(H,20,21). The van der Waals surface area contributed by atoms with Crippen molar-refractivity contribution in [3.63, 3.8) is 0 Å². The van der Waals surface area contributed by atoms with Gasteiger partial charge in [0.15, 0.2) is 5.69 Å². The van der Waals surface area contributed by atoms with Gasteiger partial charge in [-0.3, -0.25) is 9.59 Å². The second-order valence-electron chi connectivity index (χ2n) is 4.90. The fourth-order valence-corrected chi connectivity index (χ4v) is 1.93. The van der Waals surface area contributed by atoms with Crippen LogP contribution in [0.25, 0.3) is 5.69 Å². The Morgan fingerprint density at radius 3 is 2.77 bits per heavy atom. The van der Waals surface area contributed by atoms with Crippen molar-refractivity contribution < 1.29 is 19.1 Å². The van der Waals surface area contributed by atoms with Crippen LogP contribution >= 0.6 is 0 Å². The van der Waals surface area contributed by atoms with Gasteiger partial charge >= 0.3 is 5.97 Å². The van der Waals surface area contributed by atoms with E-state index in [1.54, 1.807) is 25.1 Å². The van der Waals surface area contributed by atoms with Gasteiger partial charge in [-0.05, 0) is 31.5 Å². The summed E-state index contributed by atoms with van der Waals surface area (Å²) in [5.74, 6) is -1.77. The molecule has 0 aliphatic carbocycles. The van der Waals surface area contributed by atoms with E-state index in [9.17, 15) is 14.0 Å². The van der Waals surface area contributed by atoms with Crippen LogP contribution in [0.3, 0.4) is 0 Å². The van der Waals surface area contributed by atoms with Gasteiger partial charge in [0, 0.05) is 18.7 Å². The number of rotatable bonds is 6. The van der Waals surface area contributed by atoms with Crippen molar-refractivity contribution in [2.75, 3.05) is 0 Å². The third-order valence-electron chi connectivity index (χ3n) is 3.09. The van der Waals surface area contributed by atoms with Crippen molar-refractivity contribution in [1.29, 1.82) is 0 Å². The molecule has 0 aliphatic rings. The molecular formula is C15H16FN3O3. The van der Waals surface area contributed by atoms with Gasteiger partial charge in [-0.15, -0.1) is 0 Å². The predicted molar refractivity (Wildman–Crippen MR) is 77.3 cm³/mol. The van der Waals surface area contributed by atoms with E-state index in [4.69, 9.17) is 5.11 Å². The predicted octanol–water partition coefficient (Wildman–Crippen LogP) is 1.99. The molecule has 2 aromatic rings. The third kappa shape index (κ3) is 3.91. The average molecular weight is 305 g/mol. The Hall–Kier alpha value is -2.70. The lowest BCUT2D eigenvalue weighted by Gasteiger charge is -2.11. The molecule has 0 saturated heterocycles. The SMILES string of the molecule is CC(CCC(=O)O)NC(=O)c1ccn(-c2ccccc2F)n1. The Bertz CT molecular complexity index is 684. The molecule has 7 heteroatoms. The number of para-hydroxylation sites is 1. The van der Waals surface area contributed by atoms with Crippen LogP contribution in [-0.2, 0) is 4.79 Å². The normalized spacial score (nSPS) is 11.9. The number of amides is 1. The minimum Gasteiger partial charge on any atom is -0.481 e. The second kappa shape index (κ2) is 6.84. The average Bonchev–Trinajstić information content (AvgIpc) is 2.95. The van der Waals surface area contributed by atoms with E-state index < -0.39 is 17.7 Å². The molecule has 0 fully saturated rings. The zero-order chi connectivity index (χ0) is 16.1. The highest BCUT2D eigenvalue weighted by atomic mass is 19.1. The summed E-state index contributed by atoms with van der Waals surface area (Å²) in [5, 5.41) is 15.3. The van der Waals surface area contributed by atoms with Crippen molar-refractivity contribution in [3.8, 4) is 5.69 Å². The van der Waals surface area contributed by atoms with Crippen LogP contribution in [0.4, 0.5) is 4.39 Å². The van der Waals surface area contributed by atoms with Crippen LogP contribution in [0.1, 0.15) is 30.3 Å². The van der Waals surface area contributed by atoms with E-state index in [1.807, 2.05) is 0 Å². The molecule has 1 atom stereocenters. The van der Waals surface area contributed by atoms with Gasteiger partial charge in [-0.25, -0.2) is 9.07 Å². The van der Waals surface area contributed by atoms with Crippen LogP contribution in [-0.4, -0.2) is 32.8 Å². The van der Waals surface area contributed by atoms with Crippen LogP contribution in [0.15, 0.2) is 36.5 Å². The van der Waals surface area contributed by atoms with Gasteiger partial charge < -0.3 is 10.4 Å². The summed E-state index contributed by atoms with van der Waals surface area (Å²) in [6, 6.07) is 7.30. The Morgan fingerprint density at radius 2 is 2.09 bits per heavy atom. The number of hydrogen-bond acceptors (Lipinski definition) is 3. The van der Waals surface area contributed by atoms with E-state index in [0.717, 1.165) is 0 Å². The van der Waals surface area contributed by atoms with E-state index in [-0.39, 0.29) is 23.8 Å². The van der Waals surface area contributed by atoms with Crippen molar-refractivity contribution in [1.82, 2.24) is 15.1 Å². The Balaban J connectivity index is 2.03. The molecule has 6 nitrogen and oxygen atoms in total. The maximum absolute atomic E-state index is 13.7. The highest BCUT2D eigenvalue weighted by Crippen LogP contribution is 2.12. The first-order valence-corrected chi connectivity index (χ1v) is 6.80. The van der Waals surface area contributed by atoms with Gasteiger partial charge in [0.25, 0.3) is 5.91 Å². The highest BCUT2D eigenvalue weighted by Gasteiger charge is 2.14. The molecule has 1 amide bonds. The van der Waals surface area contributed by atoms with Crippen molar-refractivity contribution in [2.24, 2.45) is 0 Å². The first-order valence-electron chi connectivity index (χ1n) is 6.80. The number of carboxylic acid groups (broad SMARTS) is 1. The number of nitrogens with zero attached hydrogens (tertiary/aromatic N) is 2. The monoisotopic (exact) mass is 305 g/mol. The summed E-state index contributed by atoms with van der Waals surface area (Å²) < 4.78 is 14.9. The summed E-state index contributed by atoms with van der Waals surface area (Å²) in [5.41, 5.74) is 0.394. The van der Waals surface area contributed by atoms with Gasteiger partial charge in [-0.1, -0.05) is 12.1 Å². The molecule has 22 heavy (non-hydrogen) atoms. The molecule has 0 spiro atoms. The summed E-state index contributed by atoms with van der Waals surface area (Å²) in [4.78, 5) is 22.5. The molecule has 1 unspecified atom stereocenters. The fraction of sp³-hybridized carbons (Fsp3) is 0.267. The smallest absolute Gasteiger partial charge is 0.303 e. The fourth-order valence-electron chi connectivity index (χ4n) is 1.93. The summed E-state index contributed by atoms with van der Waals surface area (Å²) in [7, 11) is 0. The van der Waals surface area contributed by atoms with Gasteiger partial charge in [0.2, 0.25) is 0 Å². The van der Waals surface area contributed by atoms with E-state index in [1.165, 1.54) is 23.0 Å². The summed E-state index contributed by atoms with van der Waals surface area (Å²) >= 11 is 0. The third-order valence-corrected chi connectivity index (χ3v) is 3.09. The zero-order valence-electron chi connectivity index (χ0n) is 12.0. The van der Waals surface area contributed by atoms with Crippen molar-refractivity contribution in [2.45, 2.75) is 25.8 Å². The number of halogens is 1. The lowest BCUT2D eigenvalue weighted by molar-refractivity contribution is -0.137. The lowest BCUT2D eigenvalue weighted by atomic mass is 10.2. The van der Waals surface area contributed by atoms with Gasteiger partial charge in [-0.2, -0.15) is 5.10 Å².